The van der Waals surface area contributed by atoms with Crippen LogP contribution < -0.4 is 10.1 Å². The van der Waals surface area contributed by atoms with Crippen molar-refractivity contribution >= 4 is 17.3 Å². The molecule has 1 aliphatic heterocycles. The minimum Gasteiger partial charge on any atom is -0.479 e. The highest BCUT2D eigenvalue weighted by Crippen LogP contribution is 2.25. The summed E-state index contributed by atoms with van der Waals surface area (Å²) in [4.78, 5) is 0. The number of nitriles is 1. The number of alkyl halides is 1. The Bertz CT molecular complexity index is 514. The molecule has 0 saturated heterocycles. The van der Waals surface area contributed by atoms with Crippen LogP contribution in [0.3, 0.4) is 0 Å². The quantitative estimate of drug-likeness (QED) is 0.850. The van der Waals surface area contributed by atoms with Crippen LogP contribution in [-0.2, 0) is 0 Å². The molecular formula is C14H13ClN2O. The summed E-state index contributed by atoms with van der Waals surface area (Å²) in [6.07, 6.45) is 2.83. The van der Waals surface area contributed by atoms with E-state index in [1.807, 2.05) is 30.3 Å². The lowest BCUT2D eigenvalue weighted by Gasteiger charge is -2.22. The van der Waals surface area contributed by atoms with Gasteiger partial charge in [0, 0.05) is 11.4 Å². The molecule has 0 amide bonds. The van der Waals surface area contributed by atoms with E-state index in [0.717, 1.165) is 23.4 Å². The third kappa shape index (κ3) is 2.85. The van der Waals surface area contributed by atoms with E-state index in [0.29, 0.717) is 5.75 Å². The van der Waals surface area contributed by atoms with Gasteiger partial charge in [-0.05, 0) is 36.2 Å². The number of hydrogen-bond donors (Lipinski definition) is 1. The lowest BCUT2D eigenvalue weighted by molar-refractivity contribution is 0.368. The van der Waals surface area contributed by atoms with Crippen molar-refractivity contribution in [3.63, 3.8) is 0 Å². The Hall–Kier alpha value is -1.92. The molecule has 1 atom stereocenters. The van der Waals surface area contributed by atoms with Crippen LogP contribution >= 0.6 is 11.6 Å². The van der Waals surface area contributed by atoms with Crippen molar-refractivity contribution < 1.29 is 4.74 Å². The number of halogens is 1. The minimum atomic E-state index is -0.0491. The summed E-state index contributed by atoms with van der Waals surface area (Å²) in [5.74, 6) is 0.686. The van der Waals surface area contributed by atoms with Crippen LogP contribution in [0.15, 0.2) is 42.6 Å². The van der Waals surface area contributed by atoms with Crippen LogP contribution in [0.2, 0.25) is 0 Å². The molecule has 1 aromatic carbocycles. The molecule has 92 valence electrons. The maximum Gasteiger partial charge on any atom is 0.174 e. The maximum atomic E-state index is 8.42. The Morgan fingerprint density at radius 3 is 2.78 bits per heavy atom. The second-order valence-corrected chi connectivity index (χ2v) is 4.47. The van der Waals surface area contributed by atoms with Crippen molar-refractivity contribution in [2.75, 3.05) is 6.61 Å². The third-order valence-corrected chi connectivity index (χ3v) is 3.11. The van der Waals surface area contributed by atoms with Crippen LogP contribution in [0, 0.1) is 11.3 Å². The molecule has 1 aromatic rings. The Kier molecular flexibility index (Phi) is 3.91. The smallest absolute Gasteiger partial charge is 0.174 e. The first-order valence-electron chi connectivity index (χ1n) is 5.61. The van der Waals surface area contributed by atoms with Gasteiger partial charge < -0.3 is 10.1 Å². The van der Waals surface area contributed by atoms with Gasteiger partial charge >= 0.3 is 0 Å². The van der Waals surface area contributed by atoms with Gasteiger partial charge in [0.2, 0.25) is 0 Å². The number of hydrogen-bond acceptors (Lipinski definition) is 3. The molecule has 18 heavy (non-hydrogen) atoms. The maximum absolute atomic E-state index is 8.42. The zero-order valence-corrected chi connectivity index (χ0v) is 10.6. The van der Waals surface area contributed by atoms with Gasteiger partial charge in [0.1, 0.15) is 11.8 Å². The molecule has 3 nitrogen and oxygen atoms in total. The van der Waals surface area contributed by atoms with Crippen molar-refractivity contribution in [1.82, 2.24) is 5.32 Å². The van der Waals surface area contributed by atoms with E-state index in [2.05, 4.69) is 18.0 Å². The SMILES string of the molecule is C=C1NC(c2ccc(OCC#N)cc2)=CCC1Cl. The number of ether oxygens (including phenoxy) is 1. The first-order chi connectivity index (χ1) is 8.70. The summed E-state index contributed by atoms with van der Waals surface area (Å²) in [6, 6.07) is 9.48. The predicted molar refractivity (Wildman–Crippen MR) is 72.1 cm³/mol. The Morgan fingerprint density at radius 2 is 2.17 bits per heavy atom. The highest BCUT2D eigenvalue weighted by molar-refractivity contribution is 6.22. The fourth-order valence-electron chi connectivity index (χ4n) is 1.70. The van der Waals surface area contributed by atoms with Gasteiger partial charge in [-0.1, -0.05) is 12.7 Å². The number of nitrogens with zero attached hydrogens (tertiary/aromatic N) is 1. The van der Waals surface area contributed by atoms with Gasteiger partial charge in [-0.25, -0.2) is 0 Å². The molecule has 0 radical (unpaired) electrons. The molecule has 0 fully saturated rings. The third-order valence-electron chi connectivity index (χ3n) is 2.67. The fourth-order valence-corrected chi connectivity index (χ4v) is 1.85. The molecule has 1 heterocycles. The van der Waals surface area contributed by atoms with Crippen molar-refractivity contribution in [1.29, 1.82) is 5.26 Å². The average Bonchev–Trinajstić information content (AvgIpc) is 2.40. The molecular weight excluding hydrogens is 248 g/mol. The monoisotopic (exact) mass is 260 g/mol. The molecule has 0 spiro atoms. The number of benzene rings is 1. The molecule has 2 rings (SSSR count). The molecule has 4 heteroatoms. The van der Waals surface area contributed by atoms with Gasteiger partial charge in [-0.2, -0.15) is 5.26 Å². The van der Waals surface area contributed by atoms with E-state index in [9.17, 15) is 0 Å². The first kappa shape index (κ1) is 12.5. The highest BCUT2D eigenvalue weighted by Gasteiger charge is 2.15. The lowest BCUT2D eigenvalue weighted by atomic mass is 10.1. The minimum absolute atomic E-state index is 0.0491. The van der Waals surface area contributed by atoms with E-state index >= 15 is 0 Å². The van der Waals surface area contributed by atoms with E-state index in [-0.39, 0.29) is 12.0 Å². The largest absolute Gasteiger partial charge is 0.479 e. The zero-order valence-electron chi connectivity index (χ0n) is 9.82. The Labute approximate surface area is 111 Å². The lowest BCUT2D eigenvalue weighted by Crippen LogP contribution is -2.22. The molecule has 0 aliphatic carbocycles. The molecule has 1 N–H and O–H groups in total. The standard InChI is InChI=1S/C14H13ClN2O/c1-10-13(15)6-7-14(17-10)11-2-4-12(5-3-11)18-9-8-16/h2-5,7,13,17H,1,6,9H2. The number of nitrogens with one attached hydrogen (secondary N) is 1. The summed E-state index contributed by atoms with van der Waals surface area (Å²) in [7, 11) is 0. The van der Waals surface area contributed by atoms with E-state index in [4.69, 9.17) is 21.6 Å². The van der Waals surface area contributed by atoms with Crippen molar-refractivity contribution in [3.8, 4) is 11.8 Å². The van der Waals surface area contributed by atoms with Crippen molar-refractivity contribution in [2.45, 2.75) is 11.8 Å². The number of allylic oxidation sites excluding steroid dienone is 2. The van der Waals surface area contributed by atoms with Gasteiger partial charge in [0.15, 0.2) is 6.61 Å². The van der Waals surface area contributed by atoms with Crippen LogP contribution in [0.5, 0.6) is 5.75 Å². The second kappa shape index (κ2) is 5.61. The van der Waals surface area contributed by atoms with Crippen LogP contribution in [-0.4, -0.2) is 12.0 Å². The summed E-state index contributed by atoms with van der Waals surface area (Å²) >= 11 is 6.05. The van der Waals surface area contributed by atoms with Crippen LogP contribution in [0.4, 0.5) is 0 Å². The summed E-state index contributed by atoms with van der Waals surface area (Å²) in [6.45, 7) is 3.94. The molecule has 1 aliphatic rings. The Morgan fingerprint density at radius 1 is 1.44 bits per heavy atom. The highest BCUT2D eigenvalue weighted by atomic mass is 35.5. The first-order valence-corrected chi connectivity index (χ1v) is 6.04. The van der Waals surface area contributed by atoms with Crippen LogP contribution in [0.1, 0.15) is 12.0 Å². The molecule has 0 aromatic heterocycles. The normalized spacial score (nSPS) is 18.6. The van der Waals surface area contributed by atoms with E-state index < -0.39 is 0 Å². The van der Waals surface area contributed by atoms with E-state index in [1.54, 1.807) is 0 Å². The topological polar surface area (TPSA) is 45.0 Å². The van der Waals surface area contributed by atoms with Gasteiger partial charge in [0.05, 0.1) is 5.38 Å². The summed E-state index contributed by atoms with van der Waals surface area (Å²) in [5, 5.41) is 11.6. The fraction of sp³-hybridized carbons (Fsp3) is 0.214. The second-order valence-electron chi connectivity index (χ2n) is 3.94. The molecule has 1 unspecified atom stereocenters. The van der Waals surface area contributed by atoms with Gasteiger partial charge in [-0.3, -0.25) is 0 Å². The average molecular weight is 261 g/mol. The summed E-state index contributed by atoms with van der Waals surface area (Å²) in [5.41, 5.74) is 2.87. The van der Waals surface area contributed by atoms with Crippen molar-refractivity contribution in [3.05, 3.63) is 48.2 Å². The summed E-state index contributed by atoms with van der Waals surface area (Å²) < 4.78 is 5.20. The van der Waals surface area contributed by atoms with Crippen molar-refractivity contribution in [2.24, 2.45) is 0 Å². The van der Waals surface area contributed by atoms with Gasteiger partial charge in [0.25, 0.3) is 0 Å². The zero-order chi connectivity index (χ0) is 13.0. The molecule has 0 bridgehead atoms. The Balaban J connectivity index is 2.11. The van der Waals surface area contributed by atoms with Gasteiger partial charge in [-0.15, -0.1) is 11.6 Å². The number of rotatable bonds is 3. The van der Waals surface area contributed by atoms with Crippen LogP contribution in [0.25, 0.3) is 5.70 Å². The molecule has 0 saturated carbocycles. The predicted octanol–water partition coefficient (Wildman–Crippen LogP) is 3.04. The van der Waals surface area contributed by atoms with E-state index in [1.165, 1.54) is 0 Å².